The number of nitrogens with zero attached hydrogens (tertiary/aromatic N) is 2. The van der Waals surface area contributed by atoms with Gasteiger partial charge in [0.1, 0.15) is 5.82 Å². The molecule has 3 nitrogen and oxygen atoms in total. The van der Waals surface area contributed by atoms with Crippen LogP contribution in [0.5, 0.6) is 0 Å². The van der Waals surface area contributed by atoms with Crippen molar-refractivity contribution in [3.05, 3.63) is 45.5 Å². The monoisotopic (exact) mass is 321 g/mol. The van der Waals surface area contributed by atoms with E-state index in [4.69, 9.17) is 11.6 Å². The molecule has 5 heteroatoms. The molecule has 2 heterocycles. The number of nitrogens with one attached hydrogen (secondary N) is 1. The third-order valence-electron chi connectivity index (χ3n) is 2.62. The van der Waals surface area contributed by atoms with Crippen LogP contribution in [0.15, 0.2) is 34.8 Å². The Morgan fingerprint density at radius 2 is 2.00 bits per heavy atom. The van der Waals surface area contributed by atoms with Crippen LogP contribution in [0.2, 0.25) is 5.02 Å². The highest BCUT2D eigenvalue weighted by Gasteiger charge is 2.07. The Kier molecular flexibility index (Phi) is 2.84. The number of fused-ring (bicyclic) bond motifs is 1. The van der Waals surface area contributed by atoms with Gasteiger partial charge in [-0.2, -0.15) is 0 Å². The molecule has 0 aliphatic carbocycles. The second kappa shape index (κ2) is 4.37. The van der Waals surface area contributed by atoms with Gasteiger partial charge in [0, 0.05) is 20.8 Å². The van der Waals surface area contributed by atoms with Crippen LogP contribution in [0.1, 0.15) is 5.69 Å². The standard InChI is InChI=1S/C13H9BrClN3/c1-7-2-3-11-13(16-7)18-12(17-11)8-4-9(14)6-10(15)5-8/h2-6H,1H3,(H,16,17,18). The number of imidazole rings is 1. The average Bonchev–Trinajstić information content (AvgIpc) is 2.70. The lowest BCUT2D eigenvalue weighted by molar-refractivity contribution is 1.22. The number of halogens is 2. The SMILES string of the molecule is Cc1ccc2[nH]c(-c3cc(Cl)cc(Br)c3)nc2n1. The van der Waals surface area contributed by atoms with E-state index in [9.17, 15) is 0 Å². The van der Waals surface area contributed by atoms with Crippen LogP contribution in [-0.2, 0) is 0 Å². The van der Waals surface area contributed by atoms with Crippen molar-refractivity contribution in [2.75, 3.05) is 0 Å². The van der Waals surface area contributed by atoms with Gasteiger partial charge in [-0.25, -0.2) is 9.97 Å². The molecule has 18 heavy (non-hydrogen) atoms. The van der Waals surface area contributed by atoms with E-state index in [0.29, 0.717) is 5.02 Å². The van der Waals surface area contributed by atoms with Gasteiger partial charge in [0.25, 0.3) is 0 Å². The molecule has 0 radical (unpaired) electrons. The van der Waals surface area contributed by atoms with Crippen molar-refractivity contribution in [3.8, 4) is 11.4 Å². The fourth-order valence-electron chi connectivity index (χ4n) is 1.81. The molecular formula is C13H9BrClN3. The minimum atomic E-state index is 0.670. The molecule has 3 rings (SSSR count). The zero-order chi connectivity index (χ0) is 12.7. The van der Waals surface area contributed by atoms with Gasteiger partial charge >= 0.3 is 0 Å². The lowest BCUT2D eigenvalue weighted by atomic mass is 10.2. The van der Waals surface area contributed by atoms with E-state index < -0.39 is 0 Å². The van der Waals surface area contributed by atoms with E-state index >= 15 is 0 Å². The van der Waals surface area contributed by atoms with Crippen LogP contribution in [0.3, 0.4) is 0 Å². The Labute approximate surface area is 117 Å². The predicted molar refractivity (Wildman–Crippen MR) is 76.8 cm³/mol. The smallest absolute Gasteiger partial charge is 0.178 e. The van der Waals surface area contributed by atoms with Crippen LogP contribution in [0.25, 0.3) is 22.6 Å². The van der Waals surface area contributed by atoms with Crippen molar-refractivity contribution < 1.29 is 0 Å². The predicted octanol–water partition coefficient (Wildman–Crippen LogP) is 4.35. The van der Waals surface area contributed by atoms with Crippen molar-refractivity contribution >= 4 is 38.7 Å². The van der Waals surface area contributed by atoms with Gasteiger partial charge in [0.2, 0.25) is 0 Å². The first-order chi connectivity index (χ1) is 8.61. The van der Waals surface area contributed by atoms with Gasteiger partial charge in [-0.05, 0) is 37.3 Å². The molecule has 0 amide bonds. The highest BCUT2D eigenvalue weighted by Crippen LogP contribution is 2.26. The molecule has 0 spiro atoms. The van der Waals surface area contributed by atoms with E-state index in [1.165, 1.54) is 0 Å². The maximum absolute atomic E-state index is 6.04. The van der Waals surface area contributed by atoms with Gasteiger partial charge in [0.15, 0.2) is 5.65 Å². The number of aromatic nitrogens is 3. The minimum absolute atomic E-state index is 0.670. The summed E-state index contributed by atoms with van der Waals surface area (Å²) in [5.74, 6) is 0.770. The quantitative estimate of drug-likeness (QED) is 0.723. The van der Waals surface area contributed by atoms with E-state index in [0.717, 1.165) is 32.7 Å². The number of rotatable bonds is 1. The summed E-state index contributed by atoms with van der Waals surface area (Å²) in [6.07, 6.45) is 0. The third kappa shape index (κ3) is 2.13. The summed E-state index contributed by atoms with van der Waals surface area (Å²) < 4.78 is 0.926. The van der Waals surface area contributed by atoms with Gasteiger partial charge in [-0.15, -0.1) is 0 Å². The first-order valence-electron chi connectivity index (χ1n) is 5.42. The highest BCUT2D eigenvalue weighted by molar-refractivity contribution is 9.10. The molecule has 0 bridgehead atoms. The molecule has 0 saturated heterocycles. The summed E-state index contributed by atoms with van der Waals surface area (Å²) in [7, 11) is 0. The van der Waals surface area contributed by atoms with Crippen molar-refractivity contribution in [1.82, 2.24) is 15.0 Å². The molecule has 0 aliphatic rings. The number of hydrogen-bond donors (Lipinski definition) is 1. The highest BCUT2D eigenvalue weighted by atomic mass is 79.9. The summed E-state index contributed by atoms with van der Waals surface area (Å²) >= 11 is 9.46. The number of hydrogen-bond acceptors (Lipinski definition) is 2. The van der Waals surface area contributed by atoms with E-state index in [2.05, 4.69) is 30.9 Å². The molecule has 3 aromatic rings. The fraction of sp³-hybridized carbons (Fsp3) is 0.0769. The molecule has 0 atom stereocenters. The van der Waals surface area contributed by atoms with E-state index in [-0.39, 0.29) is 0 Å². The van der Waals surface area contributed by atoms with Crippen molar-refractivity contribution in [2.45, 2.75) is 6.92 Å². The van der Waals surface area contributed by atoms with E-state index in [1.54, 1.807) is 0 Å². The zero-order valence-corrected chi connectivity index (χ0v) is 11.9. The molecular weight excluding hydrogens is 314 g/mol. The van der Waals surface area contributed by atoms with Crippen molar-refractivity contribution in [1.29, 1.82) is 0 Å². The second-order valence-corrected chi connectivity index (χ2v) is 5.42. The van der Waals surface area contributed by atoms with Gasteiger partial charge < -0.3 is 4.98 Å². The topological polar surface area (TPSA) is 41.6 Å². The summed E-state index contributed by atoms with van der Waals surface area (Å²) in [4.78, 5) is 12.1. The third-order valence-corrected chi connectivity index (χ3v) is 3.30. The summed E-state index contributed by atoms with van der Waals surface area (Å²) in [5, 5.41) is 0.670. The first kappa shape index (κ1) is 11.7. The summed E-state index contributed by atoms with van der Waals surface area (Å²) in [6.45, 7) is 1.95. The molecule has 90 valence electrons. The summed E-state index contributed by atoms with van der Waals surface area (Å²) in [5.41, 5.74) is 3.53. The van der Waals surface area contributed by atoms with Crippen LogP contribution >= 0.6 is 27.5 Å². The van der Waals surface area contributed by atoms with Crippen LogP contribution < -0.4 is 0 Å². The second-order valence-electron chi connectivity index (χ2n) is 4.07. The molecule has 0 unspecified atom stereocenters. The zero-order valence-electron chi connectivity index (χ0n) is 9.54. The van der Waals surface area contributed by atoms with Gasteiger partial charge in [0.05, 0.1) is 5.52 Å². The number of aryl methyl sites for hydroxylation is 1. The Morgan fingerprint density at radius 1 is 1.17 bits per heavy atom. The summed E-state index contributed by atoms with van der Waals surface area (Å²) in [6, 6.07) is 9.62. The Balaban J connectivity index is 2.19. The molecule has 0 fully saturated rings. The van der Waals surface area contributed by atoms with Gasteiger partial charge in [-0.1, -0.05) is 27.5 Å². The Bertz CT molecular complexity index is 716. The molecule has 2 aromatic heterocycles. The molecule has 0 saturated carbocycles. The van der Waals surface area contributed by atoms with Crippen LogP contribution in [0, 0.1) is 6.92 Å². The van der Waals surface area contributed by atoms with Crippen LogP contribution in [0.4, 0.5) is 0 Å². The number of benzene rings is 1. The number of pyridine rings is 1. The van der Waals surface area contributed by atoms with Gasteiger partial charge in [-0.3, -0.25) is 0 Å². The first-order valence-corrected chi connectivity index (χ1v) is 6.59. The normalized spacial score (nSPS) is 11.1. The lowest BCUT2D eigenvalue weighted by Gasteiger charge is -1.99. The van der Waals surface area contributed by atoms with Crippen LogP contribution in [-0.4, -0.2) is 15.0 Å². The lowest BCUT2D eigenvalue weighted by Crippen LogP contribution is -1.81. The fourth-order valence-corrected chi connectivity index (χ4v) is 2.67. The maximum Gasteiger partial charge on any atom is 0.178 e. The number of H-pyrrole nitrogens is 1. The molecule has 1 aromatic carbocycles. The van der Waals surface area contributed by atoms with Crippen molar-refractivity contribution in [3.63, 3.8) is 0 Å². The minimum Gasteiger partial charge on any atom is -0.337 e. The van der Waals surface area contributed by atoms with Crippen molar-refractivity contribution in [2.24, 2.45) is 0 Å². The number of aromatic amines is 1. The molecule has 0 aliphatic heterocycles. The Morgan fingerprint density at radius 3 is 2.78 bits per heavy atom. The average molecular weight is 323 g/mol. The maximum atomic E-state index is 6.04. The van der Waals surface area contributed by atoms with E-state index in [1.807, 2.05) is 37.3 Å². The molecule has 1 N–H and O–H groups in total. The Hall–Kier alpha value is -1.39. The largest absolute Gasteiger partial charge is 0.337 e.